The summed E-state index contributed by atoms with van der Waals surface area (Å²) in [5, 5.41) is 8.06. The lowest BCUT2D eigenvalue weighted by Gasteiger charge is -2.17. The zero-order valence-electron chi connectivity index (χ0n) is 15.5. The minimum absolute atomic E-state index is 0.168. The largest absolute Gasteiger partial charge is 0.497 e. The molecule has 1 aromatic carbocycles. The Morgan fingerprint density at radius 2 is 1.93 bits per heavy atom. The number of hydrogen-bond donors (Lipinski definition) is 1. The minimum atomic E-state index is -0.297. The van der Waals surface area contributed by atoms with Crippen molar-refractivity contribution in [3.8, 4) is 5.75 Å². The smallest absolute Gasteiger partial charge is 0.289 e. The van der Waals surface area contributed by atoms with Crippen molar-refractivity contribution in [2.75, 3.05) is 25.1 Å². The molecule has 0 unspecified atom stereocenters. The van der Waals surface area contributed by atoms with Gasteiger partial charge in [-0.05, 0) is 30.5 Å². The third-order valence-electron chi connectivity index (χ3n) is 4.79. The number of fused-ring (bicyclic) bond motifs is 1. The molecule has 1 N–H and O–H groups in total. The summed E-state index contributed by atoms with van der Waals surface area (Å²) in [6.07, 6.45) is 4.03. The predicted molar refractivity (Wildman–Crippen MR) is 102 cm³/mol. The molecule has 8 heteroatoms. The molecular weight excluding hydrogens is 344 g/mol. The molecule has 0 radical (unpaired) electrons. The Morgan fingerprint density at radius 1 is 1.19 bits per heavy atom. The monoisotopic (exact) mass is 366 g/mol. The van der Waals surface area contributed by atoms with E-state index in [1.165, 1.54) is 0 Å². The topological polar surface area (TPSA) is 85.2 Å². The Hall–Kier alpha value is -3.16. The highest BCUT2D eigenvalue weighted by molar-refractivity contribution is 5.95. The lowest BCUT2D eigenvalue weighted by Crippen LogP contribution is -2.27. The number of aryl methyl sites for hydroxylation is 1. The van der Waals surface area contributed by atoms with Crippen LogP contribution in [0.4, 0.5) is 5.82 Å². The predicted octanol–water partition coefficient (Wildman–Crippen LogP) is 1.90. The van der Waals surface area contributed by atoms with Gasteiger partial charge in [0.2, 0.25) is 5.82 Å². The summed E-state index contributed by atoms with van der Waals surface area (Å²) in [5.41, 5.74) is 1.65. The number of carbonyl (C=O) groups is 1. The first kappa shape index (κ1) is 17.3. The Bertz CT molecular complexity index is 960. The van der Waals surface area contributed by atoms with Crippen molar-refractivity contribution < 1.29 is 9.53 Å². The third-order valence-corrected chi connectivity index (χ3v) is 4.79. The van der Waals surface area contributed by atoms with Gasteiger partial charge in [0.05, 0.1) is 18.7 Å². The number of carbonyl (C=O) groups excluding carboxylic acids is 1. The highest BCUT2D eigenvalue weighted by Gasteiger charge is 2.22. The number of amides is 1. The second kappa shape index (κ2) is 7.22. The summed E-state index contributed by atoms with van der Waals surface area (Å²) in [6.45, 7) is 2.27. The summed E-state index contributed by atoms with van der Waals surface area (Å²) in [4.78, 5) is 23.9. The number of aromatic nitrogens is 4. The molecule has 0 saturated carbocycles. The number of methoxy groups -OCH3 is 1. The molecule has 2 aromatic heterocycles. The molecule has 0 bridgehead atoms. The minimum Gasteiger partial charge on any atom is -0.497 e. The molecule has 3 heterocycles. The van der Waals surface area contributed by atoms with Gasteiger partial charge >= 0.3 is 0 Å². The number of benzene rings is 1. The fourth-order valence-electron chi connectivity index (χ4n) is 3.28. The van der Waals surface area contributed by atoms with Crippen molar-refractivity contribution in [2.24, 2.45) is 7.05 Å². The van der Waals surface area contributed by atoms with E-state index in [-0.39, 0.29) is 11.7 Å². The van der Waals surface area contributed by atoms with Gasteiger partial charge in [0.25, 0.3) is 5.91 Å². The van der Waals surface area contributed by atoms with Crippen molar-refractivity contribution in [1.29, 1.82) is 0 Å². The van der Waals surface area contributed by atoms with E-state index in [9.17, 15) is 4.79 Å². The highest BCUT2D eigenvalue weighted by Crippen LogP contribution is 2.26. The molecule has 140 valence electrons. The van der Waals surface area contributed by atoms with Crippen LogP contribution in [0.3, 0.4) is 0 Å². The van der Waals surface area contributed by atoms with Gasteiger partial charge in [-0.25, -0.2) is 9.97 Å². The molecule has 4 rings (SSSR count). The van der Waals surface area contributed by atoms with Crippen LogP contribution in [-0.4, -0.2) is 45.9 Å². The Morgan fingerprint density at radius 3 is 2.63 bits per heavy atom. The van der Waals surface area contributed by atoms with Gasteiger partial charge in [0, 0.05) is 26.7 Å². The first-order chi connectivity index (χ1) is 13.2. The zero-order valence-corrected chi connectivity index (χ0v) is 15.5. The van der Waals surface area contributed by atoms with Gasteiger partial charge in [0.1, 0.15) is 11.6 Å². The molecule has 3 aromatic rings. The molecule has 8 nitrogen and oxygen atoms in total. The molecule has 1 aliphatic heterocycles. The number of anilines is 1. The SMILES string of the molecule is COc1ccc(CNC(=O)c2nc(N3CCCC3)c3cnn(C)c3n2)cc1. The van der Waals surface area contributed by atoms with Gasteiger partial charge in [-0.2, -0.15) is 5.10 Å². The van der Waals surface area contributed by atoms with Crippen LogP contribution in [0.5, 0.6) is 5.75 Å². The third kappa shape index (κ3) is 3.42. The molecule has 0 aliphatic carbocycles. The van der Waals surface area contributed by atoms with Crippen molar-refractivity contribution in [2.45, 2.75) is 19.4 Å². The second-order valence-corrected chi connectivity index (χ2v) is 6.60. The summed E-state index contributed by atoms with van der Waals surface area (Å²) < 4.78 is 6.83. The normalized spacial score (nSPS) is 13.9. The molecule has 1 fully saturated rings. The molecule has 0 spiro atoms. The molecule has 27 heavy (non-hydrogen) atoms. The molecule has 1 saturated heterocycles. The summed E-state index contributed by atoms with van der Waals surface area (Å²) in [5.74, 6) is 1.45. The van der Waals surface area contributed by atoms with Gasteiger partial charge in [-0.1, -0.05) is 12.1 Å². The summed E-state index contributed by atoms with van der Waals surface area (Å²) >= 11 is 0. The Kier molecular flexibility index (Phi) is 4.62. The lowest BCUT2D eigenvalue weighted by molar-refractivity contribution is 0.0941. The van der Waals surface area contributed by atoms with Crippen molar-refractivity contribution in [3.63, 3.8) is 0 Å². The van der Waals surface area contributed by atoms with Gasteiger partial charge < -0.3 is 15.0 Å². The van der Waals surface area contributed by atoms with Crippen LogP contribution in [-0.2, 0) is 13.6 Å². The quantitative estimate of drug-likeness (QED) is 0.742. The fourth-order valence-corrected chi connectivity index (χ4v) is 3.28. The van der Waals surface area contributed by atoms with E-state index in [2.05, 4.69) is 25.3 Å². The first-order valence-electron chi connectivity index (χ1n) is 9.01. The second-order valence-electron chi connectivity index (χ2n) is 6.60. The van der Waals surface area contributed by atoms with Crippen LogP contribution in [0, 0.1) is 0 Å². The van der Waals surface area contributed by atoms with E-state index in [0.717, 1.165) is 48.4 Å². The summed E-state index contributed by atoms with van der Waals surface area (Å²) in [6, 6.07) is 7.57. The summed E-state index contributed by atoms with van der Waals surface area (Å²) in [7, 11) is 3.45. The van der Waals surface area contributed by atoms with Gasteiger partial charge in [-0.3, -0.25) is 9.48 Å². The number of ether oxygens (including phenoxy) is 1. The average Bonchev–Trinajstić information content (AvgIpc) is 3.36. The van der Waals surface area contributed by atoms with Crippen molar-refractivity contribution >= 4 is 22.8 Å². The van der Waals surface area contributed by atoms with E-state index < -0.39 is 0 Å². The van der Waals surface area contributed by atoms with Gasteiger partial charge in [0.15, 0.2) is 5.65 Å². The average molecular weight is 366 g/mol. The van der Waals surface area contributed by atoms with Crippen LogP contribution in [0.15, 0.2) is 30.5 Å². The Balaban J connectivity index is 1.58. The van der Waals surface area contributed by atoms with E-state index in [1.54, 1.807) is 18.0 Å². The molecular formula is C19H22N6O2. The molecule has 1 aliphatic rings. The molecule has 0 atom stereocenters. The van der Waals surface area contributed by atoms with E-state index in [4.69, 9.17) is 4.74 Å². The maximum Gasteiger partial charge on any atom is 0.289 e. The highest BCUT2D eigenvalue weighted by atomic mass is 16.5. The van der Waals surface area contributed by atoms with Crippen LogP contribution >= 0.6 is 0 Å². The Labute approximate surface area is 157 Å². The van der Waals surface area contributed by atoms with Crippen molar-refractivity contribution in [1.82, 2.24) is 25.1 Å². The van der Waals surface area contributed by atoms with Crippen LogP contribution in [0.1, 0.15) is 29.0 Å². The van der Waals surface area contributed by atoms with Crippen LogP contribution < -0.4 is 15.0 Å². The first-order valence-corrected chi connectivity index (χ1v) is 9.01. The number of hydrogen-bond acceptors (Lipinski definition) is 6. The standard InChI is InChI=1S/C19H22N6O2/c1-24-17-15(12-21-24)18(25-9-3-4-10-25)23-16(22-17)19(26)20-11-13-5-7-14(27-2)8-6-13/h5-8,12H,3-4,9-11H2,1-2H3,(H,20,26). The zero-order chi connectivity index (χ0) is 18.8. The van der Waals surface area contributed by atoms with Crippen LogP contribution in [0.2, 0.25) is 0 Å². The van der Waals surface area contributed by atoms with Gasteiger partial charge in [-0.15, -0.1) is 0 Å². The fraction of sp³-hybridized carbons (Fsp3) is 0.368. The van der Waals surface area contributed by atoms with E-state index >= 15 is 0 Å². The van der Waals surface area contributed by atoms with E-state index in [1.807, 2.05) is 31.3 Å². The van der Waals surface area contributed by atoms with Crippen molar-refractivity contribution in [3.05, 3.63) is 41.9 Å². The maximum absolute atomic E-state index is 12.7. The van der Waals surface area contributed by atoms with Crippen LogP contribution in [0.25, 0.3) is 11.0 Å². The number of nitrogens with one attached hydrogen (secondary N) is 1. The van der Waals surface area contributed by atoms with E-state index in [0.29, 0.717) is 12.2 Å². The number of rotatable bonds is 5. The maximum atomic E-state index is 12.7. The molecule has 1 amide bonds. The number of nitrogens with zero attached hydrogens (tertiary/aromatic N) is 5. The lowest BCUT2D eigenvalue weighted by atomic mass is 10.2.